The number of aliphatic hydroxyl groups excluding tert-OH is 1. The zero-order valence-corrected chi connectivity index (χ0v) is 10.7. The van der Waals surface area contributed by atoms with Crippen molar-refractivity contribution in [3.63, 3.8) is 0 Å². The first-order valence-electron chi connectivity index (χ1n) is 5.84. The first kappa shape index (κ1) is 13.6. The molecular formula is C13H21NOS. The second-order valence-electron chi connectivity index (χ2n) is 3.70. The summed E-state index contributed by atoms with van der Waals surface area (Å²) >= 11 is 1.99. The maximum atomic E-state index is 8.91. The molecule has 2 N–H and O–H groups in total. The van der Waals surface area contributed by atoms with Crippen LogP contribution in [-0.2, 0) is 13.2 Å². The van der Waals surface area contributed by atoms with Crippen LogP contribution in [0.2, 0.25) is 0 Å². The topological polar surface area (TPSA) is 32.3 Å². The summed E-state index contributed by atoms with van der Waals surface area (Å²) in [5.41, 5.74) is 2.25. The highest BCUT2D eigenvalue weighted by Crippen LogP contribution is 2.04. The molecule has 0 unspecified atom stereocenters. The van der Waals surface area contributed by atoms with Crippen molar-refractivity contribution in [3.8, 4) is 0 Å². The van der Waals surface area contributed by atoms with Crippen LogP contribution in [0.3, 0.4) is 0 Å². The van der Waals surface area contributed by atoms with Crippen LogP contribution in [0.4, 0.5) is 0 Å². The van der Waals surface area contributed by atoms with Crippen LogP contribution in [0.1, 0.15) is 24.5 Å². The van der Waals surface area contributed by atoms with Crippen molar-refractivity contribution < 1.29 is 5.11 Å². The van der Waals surface area contributed by atoms with E-state index in [1.54, 1.807) is 0 Å². The van der Waals surface area contributed by atoms with Crippen molar-refractivity contribution >= 4 is 11.8 Å². The summed E-state index contributed by atoms with van der Waals surface area (Å²) in [6, 6.07) is 8.09. The minimum atomic E-state index is 0.127. The van der Waals surface area contributed by atoms with Gasteiger partial charge in [0.25, 0.3) is 0 Å². The first-order chi connectivity index (χ1) is 7.86. The number of thioether (sulfide) groups is 1. The molecule has 0 radical (unpaired) electrons. The normalized spacial score (nSPS) is 10.6. The summed E-state index contributed by atoms with van der Waals surface area (Å²) < 4.78 is 0. The van der Waals surface area contributed by atoms with Gasteiger partial charge in [0.2, 0.25) is 0 Å². The Morgan fingerprint density at radius 3 is 2.50 bits per heavy atom. The van der Waals surface area contributed by atoms with E-state index in [1.807, 2.05) is 23.9 Å². The SMILES string of the molecule is CCSCCCNCc1ccc(CO)cc1. The van der Waals surface area contributed by atoms with E-state index in [0.717, 1.165) is 18.7 Å². The molecule has 0 aliphatic rings. The lowest BCUT2D eigenvalue weighted by Gasteiger charge is -2.05. The Labute approximate surface area is 102 Å². The molecule has 0 saturated carbocycles. The summed E-state index contributed by atoms with van der Waals surface area (Å²) in [5.74, 6) is 2.45. The highest BCUT2D eigenvalue weighted by atomic mass is 32.2. The molecule has 0 atom stereocenters. The van der Waals surface area contributed by atoms with Crippen molar-refractivity contribution in [2.24, 2.45) is 0 Å². The number of aliphatic hydroxyl groups is 1. The molecule has 0 aliphatic carbocycles. The van der Waals surface area contributed by atoms with Gasteiger partial charge in [-0.15, -0.1) is 0 Å². The lowest BCUT2D eigenvalue weighted by molar-refractivity contribution is 0.282. The lowest BCUT2D eigenvalue weighted by atomic mass is 10.1. The molecule has 0 aliphatic heterocycles. The highest BCUT2D eigenvalue weighted by Gasteiger charge is 1.94. The van der Waals surface area contributed by atoms with E-state index in [1.165, 1.54) is 23.5 Å². The van der Waals surface area contributed by atoms with Gasteiger partial charge in [0, 0.05) is 6.54 Å². The zero-order valence-electron chi connectivity index (χ0n) is 9.91. The van der Waals surface area contributed by atoms with Crippen LogP contribution >= 0.6 is 11.8 Å². The summed E-state index contributed by atoms with van der Waals surface area (Å²) in [6.45, 7) is 4.32. The molecule has 3 heteroatoms. The Balaban J connectivity index is 2.12. The number of nitrogens with one attached hydrogen (secondary N) is 1. The van der Waals surface area contributed by atoms with Gasteiger partial charge in [0.15, 0.2) is 0 Å². The van der Waals surface area contributed by atoms with E-state index in [4.69, 9.17) is 5.11 Å². The fraction of sp³-hybridized carbons (Fsp3) is 0.538. The minimum Gasteiger partial charge on any atom is -0.392 e. The first-order valence-corrected chi connectivity index (χ1v) is 6.99. The smallest absolute Gasteiger partial charge is 0.0681 e. The third-order valence-corrected chi connectivity index (χ3v) is 3.37. The van der Waals surface area contributed by atoms with Gasteiger partial charge in [-0.1, -0.05) is 31.2 Å². The molecule has 0 saturated heterocycles. The predicted octanol–water partition coefficient (Wildman–Crippen LogP) is 2.41. The Hall–Kier alpha value is -0.510. The largest absolute Gasteiger partial charge is 0.392 e. The number of benzene rings is 1. The summed E-state index contributed by atoms with van der Waals surface area (Å²) in [7, 11) is 0. The average Bonchev–Trinajstić information content (AvgIpc) is 2.34. The fourth-order valence-corrected chi connectivity index (χ4v) is 2.08. The van der Waals surface area contributed by atoms with Gasteiger partial charge in [-0.2, -0.15) is 11.8 Å². The summed E-state index contributed by atoms with van der Waals surface area (Å²) in [5, 5.41) is 12.3. The highest BCUT2D eigenvalue weighted by molar-refractivity contribution is 7.99. The van der Waals surface area contributed by atoms with Gasteiger partial charge in [-0.05, 0) is 35.6 Å². The molecule has 0 aromatic heterocycles. The van der Waals surface area contributed by atoms with Crippen LogP contribution in [0, 0.1) is 0 Å². The van der Waals surface area contributed by atoms with Gasteiger partial charge in [0.1, 0.15) is 0 Å². The zero-order chi connectivity index (χ0) is 11.6. The van der Waals surface area contributed by atoms with Gasteiger partial charge < -0.3 is 10.4 Å². The molecule has 1 rings (SSSR count). The third-order valence-electron chi connectivity index (χ3n) is 2.38. The van der Waals surface area contributed by atoms with Crippen molar-refractivity contribution in [2.75, 3.05) is 18.1 Å². The standard InChI is InChI=1S/C13H21NOS/c1-2-16-9-3-8-14-10-12-4-6-13(11-15)7-5-12/h4-7,14-15H,2-3,8-11H2,1H3. The van der Waals surface area contributed by atoms with Crippen LogP contribution in [0.15, 0.2) is 24.3 Å². The quantitative estimate of drug-likeness (QED) is 0.683. The second-order valence-corrected chi connectivity index (χ2v) is 5.10. The Kier molecular flexibility index (Phi) is 7.30. The average molecular weight is 239 g/mol. The van der Waals surface area contributed by atoms with Crippen molar-refractivity contribution in [2.45, 2.75) is 26.5 Å². The molecule has 90 valence electrons. The molecule has 0 bridgehead atoms. The van der Waals surface area contributed by atoms with E-state index in [0.29, 0.717) is 0 Å². The lowest BCUT2D eigenvalue weighted by Crippen LogP contribution is -2.15. The van der Waals surface area contributed by atoms with E-state index >= 15 is 0 Å². The van der Waals surface area contributed by atoms with Crippen molar-refractivity contribution in [1.82, 2.24) is 5.32 Å². The minimum absolute atomic E-state index is 0.127. The number of hydrogen-bond acceptors (Lipinski definition) is 3. The van der Waals surface area contributed by atoms with Crippen LogP contribution in [0.5, 0.6) is 0 Å². The number of hydrogen-bond donors (Lipinski definition) is 2. The summed E-state index contributed by atoms with van der Waals surface area (Å²) in [6.07, 6.45) is 1.23. The Morgan fingerprint density at radius 2 is 1.88 bits per heavy atom. The van der Waals surface area contributed by atoms with E-state index in [-0.39, 0.29) is 6.61 Å². The van der Waals surface area contributed by atoms with Crippen LogP contribution in [0.25, 0.3) is 0 Å². The van der Waals surface area contributed by atoms with Crippen molar-refractivity contribution in [1.29, 1.82) is 0 Å². The molecular weight excluding hydrogens is 218 g/mol. The van der Waals surface area contributed by atoms with Crippen LogP contribution < -0.4 is 5.32 Å². The molecule has 0 heterocycles. The Bertz CT molecular complexity index is 274. The van der Waals surface area contributed by atoms with E-state index in [2.05, 4.69) is 24.4 Å². The Morgan fingerprint density at radius 1 is 1.19 bits per heavy atom. The van der Waals surface area contributed by atoms with Crippen molar-refractivity contribution in [3.05, 3.63) is 35.4 Å². The monoisotopic (exact) mass is 239 g/mol. The molecule has 1 aromatic carbocycles. The molecule has 0 fully saturated rings. The van der Waals surface area contributed by atoms with Gasteiger partial charge >= 0.3 is 0 Å². The summed E-state index contributed by atoms with van der Waals surface area (Å²) in [4.78, 5) is 0. The van der Waals surface area contributed by atoms with Gasteiger partial charge in [0.05, 0.1) is 6.61 Å². The molecule has 0 spiro atoms. The second kappa shape index (κ2) is 8.62. The molecule has 16 heavy (non-hydrogen) atoms. The fourth-order valence-electron chi connectivity index (χ4n) is 1.44. The van der Waals surface area contributed by atoms with E-state index in [9.17, 15) is 0 Å². The molecule has 0 amide bonds. The predicted molar refractivity (Wildman–Crippen MR) is 71.7 cm³/mol. The van der Waals surface area contributed by atoms with E-state index < -0.39 is 0 Å². The molecule has 1 aromatic rings. The third kappa shape index (κ3) is 5.54. The number of rotatable bonds is 8. The van der Waals surface area contributed by atoms with Gasteiger partial charge in [-0.25, -0.2) is 0 Å². The van der Waals surface area contributed by atoms with Crippen LogP contribution in [-0.4, -0.2) is 23.2 Å². The maximum Gasteiger partial charge on any atom is 0.0681 e. The van der Waals surface area contributed by atoms with Gasteiger partial charge in [-0.3, -0.25) is 0 Å². The maximum absolute atomic E-state index is 8.91. The molecule has 2 nitrogen and oxygen atoms in total.